The molecule has 0 bridgehead atoms. The first-order chi connectivity index (χ1) is 8.78. The predicted molar refractivity (Wildman–Crippen MR) is 71.4 cm³/mol. The molecule has 0 spiro atoms. The maximum atomic E-state index is 9.92. The third-order valence-corrected chi connectivity index (χ3v) is 3.72. The molecule has 1 heterocycles. The fourth-order valence-corrected chi connectivity index (χ4v) is 2.77. The van der Waals surface area contributed by atoms with E-state index in [0.29, 0.717) is 11.1 Å². The molecule has 0 amide bonds. The smallest absolute Gasteiger partial charge is 0.128 e. The Morgan fingerprint density at radius 3 is 2.72 bits per heavy atom. The summed E-state index contributed by atoms with van der Waals surface area (Å²) < 4.78 is 1.08. The number of nitriles is 1. The quantitative estimate of drug-likeness (QED) is 0.720. The van der Waals surface area contributed by atoms with E-state index < -0.39 is 0 Å². The summed E-state index contributed by atoms with van der Waals surface area (Å²) in [6.07, 6.45) is 0. The fourth-order valence-electron chi connectivity index (χ4n) is 1.77. The first-order valence-electron chi connectivity index (χ1n) is 5.37. The highest BCUT2D eigenvalue weighted by Crippen LogP contribution is 2.35. The van der Waals surface area contributed by atoms with E-state index in [-0.39, 0.29) is 5.75 Å². The van der Waals surface area contributed by atoms with Crippen LogP contribution in [0.3, 0.4) is 0 Å². The molecule has 0 aliphatic heterocycles. The number of hydrogen-bond donors (Lipinski definition) is 1. The van der Waals surface area contributed by atoms with Crippen LogP contribution in [0.15, 0.2) is 42.5 Å². The Labute approximate surface area is 108 Å². The number of rotatable bonds is 1. The molecule has 0 saturated heterocycles. The number of phenolic OH excluding ortho intramolecular Hbond substituents is 1. The summed E-state index contributed by atoms with van der Waals surface area (Å²) in [4.78, 5) is 4.47. The van der Waals surface area contributed by atoms with Crippen molar-refractivity contribution in [3.63, 3.8) is 0 Å². The average molecular weight is 252 g/mol. The fraction of sp³-hybridized carbons (Fsp3) is 0. The lowest BCUT2D eigenvalue weighted by Crippen LogP contribution is -1.80. The van der Waals surface area contributed by atoms with Crippen LogP contribution in [-0.4, -0.2) is 10.1 Å². The second-order valence-corrected chi connectivity index (χ2v) is 4.86. The normalized spacial score (nSPS) is 10.4. The molecule has 0 aliphatic carbocycles. The zero-order valence-corrected chi connectivity index (χ0v) is 10.1. The highest BCUT2D eigenvalue weighted by molar-refractivity contribution is 7.21. The molecule has 0 radical (unpaired) electrons. The molecule has 86 valence electrons. The Morgan fingerprint density at radius 1 is 1.17 bits per heavy atom. The van der Waals surface area contributed by atoms with Gasteiger partial charge in [0, 0.05) is 0 Å². The van der Waals surface area contributed by atoms with Crippen LogP contribution in [0.5, 0.6) is 5.75 Å². The molecule has 3 rings (SSSR count). The van der Waals surface area contributed by atoms with E-state index in [0.717, 1.165) is 15.2 Å². The maximum Gasteiger partial charge on any atom is 0.128 e. The zero-order valence-electron chi connectivity index (χ0n) is 9.29. The summed E-state index contributed by atoms with van der Waals surface area (Å²) in [6, 6.07) is 14.7. The van der Waals surface area contributed by atoms with E-state index in [1.165, 1.54) is 17.4 Å². The molecular weight excluding hydrogens is 244 g/mol. The van der Waals surface area contributed by atoms with Crippen molar-refractivity contribution in [2.75, 3.05) is 0 Å². The van der Waals surface area contributed by atoms with Crippen LogP contribution in [0.4, 0.5) is 0 Å². The van der Waals surface area contributed by atoms with Gasteiger partial charge in [0.1, 0.15) is 10.8 Å². The van der Waals surface area contributed by atoms with Crippen LogP contribution in [0, 0.1) is 11.3 Å². The number of para-hydroxylation sites is 1. The standard InChI is InChI=1S/C14H8N2OS/c15-8-9-5-6-10(12(17)7-9)14-16-11-3-1-2-4-13(11)18-14/h1-7,17H. The minimum Gasteiger partial charge on any atom is -0.507 e. The summed E-state index contributed by atoms with van der Waals surface area (Å²) in [5, 5.41) is 19.4. The van der Waals surface area contributed by atoms with Gasteiger partial charge in [0.05, 0.1) is 27.4 Å². The third-order valence-electron chi connectivity index (χ3n) is 2.65. The number of fused-ring (bicyclic) bond motifs is 1. The Bertz CT molecular complexity index is 738. The molecule has 0 saturated carbocycles. The van der Waals surface area contributed by atoms with E-state index >= 15 is 0 Å². The third kappa shape index (κ3) is 1.71. The number of nitrogens with zero attached hydrogens (tertiary/aromatic N) is 2. The van der Waals surface area contributed by atoms with Crippen molar-refractivity contribution >= 4 is 21.6 Å². The van der Waals surface area contributed by atoms with Gasteiger partial charge in [0.2, 0.25) is 0 Å². The molecule has 1 aromatic heterocycles. The van der Waals surface area contributed by atoms with Gasteiger partial charge < -0.3 is 5.11 Å². The second kappa shape index (κ2) is 4.13. The highest BCUT2D eigenvalue weighted by atomic mass is 32.1. The maximum absolute atomic E-state index is 9.92. The van der Waals surface area contributed by atoms with Gasteiger partial charge in [-0.1, -0.05) is 12.1 Å². The number of aromatic hydroxyl groups is 1. The molecule has 1 N–H and O–H groups in total. The molecule has 0 fully saturated rings. The molecule has 18 heavy (non-hydrogen) atoms. The summed E-state index contributed by atoms with van der Waals surface area (Å²) in [6.45, 7) is 0. The second-order valence-electron chi connectivity index (χ2n) is 3.83. The van der Waals surface area contributed by atoms with Crippen molar-refractivity contribution in [2.45, 2.75) is 0 Å². The van der Waals surface area contributed by atoms with Crippen LogP contribution < -0.4 is 0 Å². The number of benzene rings is 2. The molecule has 3 nitrogen and oxygen atoms in total. The first kappa shape index (κ1) is 10.8. The molecule has 2 aromatic carbocycles. The monoisotopic (exact) mass is 252 g/mol. The number of hydrogen-bond acceptors (Lipinski definition) is 4. The van der Waals surface area contributed by atoms with Crippen molar-refractivity contribution in [1.29, 1.82) is 5.26 Å². The zero-order chi connectivity index (χ0) is 12.5. The molecule has 3 aromatic rings. The summed E-state index contributed by atoms with van der Waals surface area (Å²) >= 11 is 1.52. The largest absolute Gasteiger partial charge is 0.507 e. The lowest BCUT2D eigenvalue weighted by Gasteiger charge is -2.00. The lowest BCUT2D eigenvalue weighted by atomic mass is 10.1. The summed E-state index contributed by atoms with van der Waals surface area (Å²) in [7, 11) is 0. The summed E-state index contributed by atoms with van der Waals surface area (Å²) in [5.41, 5.74) is 2.02. The highest BCUT2D eigenvalue weighted by Gasteiger charge is 2.10. The molecular formula is C14H8N2OS. The van der Waals surface area contributed by atoms with Crippen LogP contribution in [-0.2, 0) is 0 Å². The Hall–Kier alpha value is -2.38. The Kier molecular flexibility index (Phi) is 2.47. The molecule has 0 aliphatic rings. The SMILES string of the molecule is N#Cc1ccc(-c2nc3ccccc3s2)c(O)c1. The minimum atomic E-state index is 0.0908. The van der Waals surface area contributed by atoms with Crippen LogP contribution in [0.2, 0.25) is 0 Å². The van der Waals surface area contributed by atoms with Crippen molar-refractivity contribution in [3.05, 3.63) is 48.0 Å². The lowest BCUT2D eigenvalue weighted by molar-refractivity contribution is 0.477. The van der Waals surface area contributed by atoms with E-state index in [4.69, 9.17) is 5.26 Å². The van der Waals surface area contributed by atoms with Gasteiger partial charge in [-0.05, 0) is 30.3 Å². The summed E-state index contributed by atoms with van der Waals surface area (Å²) in [5.74, 6) is 0.0908. The van der Waals surface area contributed by atoms with E-state index in [9.17, 15) is 5.11 Å². The minimum absolute atomic E-state index is 0.0908. The number of phenols is 1. The van der Waals surface area contributed by atoms with Crippen molar-refractivity contribution in [3.8, 4) is 22.4 Å². The molecule has 0 atom stereocenters. The van der Waals surface area contributed by atoms with E-state index in [1.54, 1.807) is 12.1 Å². The van der Waals surface area contributed by atoms with E-state index in [1.807, 2.05) is 30.3 Å². The number of thiazole rings is 1. The molecule has 4 heteroatoms. The van der Waals surface area contributed by atoms with Crippen molar-refractivity contribution < 1.29 is 5.11 Å². The Morgan fingerprint density at radius 2 is 2.00 bits per heavy atom. The molecule has 0 unspecified atom stereocenters. The van der Waals surface area contributed by atoms with Gasteiger partial charge in [-0.3, -0.25) is 0 Å². The van der Waals surface area contributed by atoms with E-state index in [2.05, 4.69) is 4.98 Å². The van der Waals surface area contributed by atoms with Gasteiger partial charge in [-0.2, -0.15) is 5.26 Å². The van der Waals surface area contributed by atoms with Crippen LogP contribution in [0.1, 0.15) is 5.56 Å². The van der Waals surface area contributed by atoms with Gasteiger partial charge in [0.25, 0.3) is 0 Å². The predicted octanol–water partition coefficient (Wildman–Crippen LogP) is 3.54. The number of aromatic nitrogens is 1. The van der Waals surface area contributed by atoms with Gasteiger partial charge in [-0.25, -0.2) is 4.98 Å². The van der Waals surface area contributed by atoms with Crippen LogP contribution in [0.25, 0.3) is 20.8 Å². The van der Waals surface area contributed by atoms with Gasteiger partial charge >= 0.3 is 0 Å². The van der Waals surface area contributed by atoms with Gasteiger partial charge in [0.15, 0.2) is 0 Å². The van der Waals surface area contributed by atoms with Crippen molar-refractivity contribution in [1.82, 2.24) is 4.98 Å². The van der Waals surface area contributed by atoms with Crippen LogP contribution >= 0.6 is 11.3 Å². The first-order valence-corrected chi connectivity index (χ1v) is 6.18. The topological polar surface area (TPSA) is 56.9 Å². The van der Waals surface area contributed by atoms with Crippen molar-refractivity contribution in [2.24, 2.45) is 0 Å². The average Bonchev–Trinajstić information content (AvgIpc) is 2.81. The van der Waals surface area contributed by atoms with Gasteiger partial charge in [-0.15, -0.1) is 11.3 Å². The Balaban J connectivity index is 2.17.